The highest BCUT2D eigenvalue weighted by atomic mass is 16.5. The SMILES string of the molecule is CNCC1CCC1c1ccccc1OC(C)C. The summed E-state index contributed by atoms with van der Waals surface area (Å²) in [6, 6.07) is 8.51. The van der Waals surface area contributed by atoms with Gasteiger partial charge in [0.25, 0.3) is 0 Å². The Balaban J connectivity index is 2.14. The molecular formula is C15H23NO. The number of para-hydroxylation sites is 1. The van der Waals surface area contributed by atoms with E-state index in [-0.39, 0.29) is 6.10 Å². The Morgan fingerprint density at radius 2 is 2.06 bits per heavy atom. The molecule has 1 saturated carbocycles. The fourth-order valence-electron chi connectivity index (χ4n) is 2.63. The Morgan fingerprint density at radius 3 is 2.65 bits per heavy atom. The first-order valence-corrected chi connectivity index (χ1v) is 6.62. The second-order valence-electron chi connectivity index (χ2n) is 5.21. The van der Waals surface area contributed by atoms with E-state index in [1.807, 2.05) is 7.05 Å². The lowest BCUT2D eigenvalue weighted by molar-refractivity contribution is 0.215. The Bertz CT molecular complexity index is 362. The summed E-state index contributed by atoms with van der Waals surface area (Å²) in [6.07, 6.45) is 2.88. The fraction of sp³-hybridized carbons (Fsp3) is 0.600. The number of nitrogens with one attached hydrogen (secondary N) is 1. The molecule has 0 saturated heterocycles. The van der Waals surface area contributed by atoms with Crippen LogP contribution >= 0.6 is 0 Å². The Hall–Kier alpha value is -1.02. The lowest BCUT2D eigenvalue weighted by Crippen LogP contribution is -2.32. The van der Waals surface area contributed by atoms with Crippen LogP contribution in [0.1, 0.15) is 38.2 Å². The molecule has 0 bridgehead atoms. The molecule has 1 aliphatic carbocycles. The summed E-state index contributed by atoms with van der Waals surface area (Å²) in [5, 5.41) is 3.29. The van der Waals surface area contributed by atoms with Gasteiger partial charge in [0.15, 0.2) is 0 Å². The van der Waals surface area contributed by atoms with Crippen molar-refractivity contribution in [3.8, 4) is 5.75 Å². The maximum absolute atomic E-state index is 5.91. The zero-order chi connectivity index (χ0) is 12.3. The van der Waals surface area contributed by atoms with Crippen molar-refractivity contribution in [2.24, 2.45) is 5.92 Å². The predicted octanol–water partition coefficient (Wildman–Crippen LogP) is 3.19. The quantitative estimate of drug-likeness (QED) is 0.843. The van der Waals surface area contributed by atoms with Crippen molar-refractivity contribution >= 4 is 0 Å². The van der Waals surface area contributed by atoms with Gasteiger partial charge in [-0.3, -0.25) is 0 Å². The second-order valence-corrected chi connectivity index (χ2v) is 5.21. The van der Waals surface area contributed by atoms with E-state index >= 15 is 0 Å². The molecule has 0 aromatic heterocycles. The van der Waals surface area contributed by atoms with Gasteiger partial charge in [0.2, 0.25) is 0 Å². The van der Waals surface area contributed by atoms with Gasteiger partial charge in [-0.1, -0.05) is 18.2 Å². The molecule has 1 aromatic carbocycles. The summed E-state index contributed by atoms with van der Waals surface area (Å²) < 4.78 is 5.91. The Kier molecular flexibility index (Phi) is 4.06. The third-order valence-corrected chi connectivity index (χ3v) is 3.56. The molecule has 0 amide bonds. The van der Waals surface area contributed by atoms with E-state index in [1.54, 1.807) is 0 Å². The highest BCUT2D eigenvalue weighted by Gasteiger charge is 2.33. The summed E-state index contributed by atoms with van der Waals surface area (Å²) in [4.78, 5) is 0. The number of hydrogen-bond acceptors (Lipinski definition) is 2. The maximum Gasteiger partial charge on any atom is 0.123 e. The molecule has 2 rings (SSSR count). The van der Waals surface area contributed by atoms with Gasteiger partial charge in [0, 0.05) is 0 Å². The van der Waals surface area contributed by atoms with Crippen LogP contribution in [0.25, 0.3) is 0 Å². The average molecular weight is 233 g/mol. The molecule has 2 heteroatoms. The van der Waals surface area contributed by atoms with Crippen LogP contribution < -0.4 is 10.1 Å². The van der Waals surface area contributed by atoms with E-state index in [1.165, 1.54) is 18.4 Å². The van der Waals surface area contributed by atoms with Crippen LogP contribution in [0, 0.1) is 5.92 Å². The second kappa shape index (κ2) is 5.54. The molecule has 2 nitrogen and oxygen atoms in total. The number of ether oxygens (including phenoxy) is 1. The van der Waals surface area contributed by atoms with Crippen LogP contribution in [0.4, 0.5) is 0 Å². The van der Waals surface area contributed by atoms with Crippen molar-refractivity contribution in [2.45, 2.75) is 38.7 Å². The van der Waals surface area contributed by atoms with Crippen molar-refractivity contribution in [3.63, 3.8) is 0 Å². The largest absolute Gasteiger partial charge is 0.491 e. The third kappa shape index (κ3) is 2.81. The minimum Gasteiger partial charge on any atom is -0.491 e. The number of benzene rings is 1. The van der Waals surface area contributed by atoms with Crippen molar-refractivity contribution in [1.82, 2.24) is 5.32 Å². The molecule has 1 aliphatic rings. The number of hydrogen-bond donors (Lipinski definition) is 1. The first kappa shape index (κ1) is 12.4. The van der Waals surface area contributed by atoms with Crippen LogP contribution in [-0.2, 0) is 0 Å². The lowest BCUT2D eigenvalue weighted by Gasteiger charge is -2.38. The highest BCUT2D eigenvalue weighted by Crippen LogP contribution is 2.45. The molecule has 2 unspecified atom stereocenters. The standard InChI is InChI=1S/C15H23NO/c1-11(2)17-15-7-5-4-6-14(15)13-9-8-12(13)10-16-3/h4-7,11-13,16H,8-10H2,1-3H3. The van der Waals surface area contributed by atoms with Gasteiger partial charge in [0.05, 0.1) is 6.10 Å². The molecule has 1 N–H and O–H groups in total. The Morgan fingerprint density at radius 1 is 1.29 bits per heavy atom. The third-order valence-electron chi connectivity index (χ3n) is 3.56. The molecule has 0 heterocycles. The molecule has 17 heavy (non-hydrogen) atoms. The topological polar surface area (TPSA) is 21.3 Å². The fourth-order valence-corrected chi connectivity index (χ4v) is 2.63. The zero-order valence-electron chi connectivity index (χ0n) is 11.1. The smallest absolute Gasteiger partial charge is 0.123 e. The first-order chi connectivity index (χ1) is 8.22. The lowest BCUT2D eigenvalue weighted by atomic mass is 9.69. The van der Waals surface area contributed by atoms with E-state index in [4.69, 9.17) is 4.74 Å². The maximum atomic E-state index is 5.91. The molecule has 1 fully saturated rings. The molecule has 2 atom stereocenters. The number of rotatable bonds is 5. The zero-order valence-corrected chi connectivity index (χ0v) is 11.1. The Labute approximate surface area is 104 Å². The van der Waals surface area contributed by atoms with E-state index in [9.17, 15) is 0 Å². The molecular weight excluding hydrogens is 210 g/mol. The van der Waals surface area contributed by atoms with E-state index in [0.717, 1.165) is 18.2 Å². The van der Waals surface area contributed by atoms with Gasteiger partial charge in [-0.05, 0) is 63.7 Å². The monoisotopic (exact) mass is 233 g/mol. The van der Waals surface area contributed by atoms with Gasteiger partial charge in [0.1, 0.15) is 5.75 Å². The van der Waals surface area contributed by atoms with Gasteiger partial charge in [-0.25, -0.2) is 0 Å². The molecule has 0 aliphatic heterocycles. The molecule has 1 aromatic rings. The van der Waals surface area contributed by atoms with Gasteiger partial charge in [-0.15, -0.1) is 0 Å². The predicted molar refractivity (Wildman–Crippen MR) is 71.6 cm³/mol. The van der Waals surface area contributed by atoms with Gasteiger partial charge >= 0.3 is 0 Å². The summed E-state index contributed by atoms with van der Waals surface area (Å²) >= 11 is 0. The minimum absolute atomic E-state index is 0.249. The van der Waals surface area contributed by atoms with Crippen LogP contribution in [0.5, 0.6) is 5.75 Å². The summed E-state index contributed by atoms with van der Waals surface area (Å²) in [7, 11) is 2.03. The van der Waals surface area contributed by atoms with Crippen molar-refractivity contribution in [3.05, 3.63) is 29.8 Å². The summed E-state index contributed by atoms with van der Waals surface area (Å²) in [5.74, 6) is 2.53. The normalized spacial score (nSPS) is 23.5. The van der Waals surface area contributed by atoms with Gasteiger partial charge in [-0.2, -0.15) is 0 Å². The van der Waals surface area contributed by atoms with Crippen molar-refractivity contribution in [2.75, 3.05) is 13.6 Å². The summed E-state index contributed by atoms with van der Waals surface area (Å²) in [6.45, 7) is 5.28. The molecule has 0 radical (unpaired) electrons. The first-order valence-electron chi connectivity index (χ1n) is 6.62. The van der Waals surface area contributed by atoms with Crippen LogP contribution in [-0.4, -0.2) is 19.7 Å². The van der Waals surface area contributed by atoms with E-state index in [0.29, 0.717) is 5.92 Å². The van der Waals surface area contributed by atoms with Crippen LogP contribution in [0.3, 0.4) is 0 Å². The van der Waals surface area contributed by atoms with Crippen LogP contribution in [0.15, 0.2) is 24.3 Å². The van der Waals surface area contributed by atoms with E-state index in [2.05, 4.69) is 43.4 Å². The average Bonchev–Trinajstić information content (AvgIpc) is 2.26. The summed E-state index contributed by atoms with van der Waals surface area (Å²) in [5.41, 5.74) is 1.40. The molecule has 94 valence electrons. The highest BCUT2D eigenvalue weighted by molar-refractivity contribution is 5.38. The minimum atomic E-state index is 0.249. The van der Waals surface area contributed by atoms with Crippen LogP contribution in [0.2, 0.25) is 0 Å². The van der Waals surface area contributed by atoms with E-state index < -0.39 is 0 Å². The molecule has 0 spiro atoms. The van der Waals surface area contributed by atoms with Crippen molar-refractivity contribution in [1.29, 1.82) is 0 Å². The van der Waals surface area contributed by atoms with Crippen molar-refractivity contribution < 1.29 is 4.74 Å². The van der Waals surface area contributed by atoms with Gasteiger partial charge < -0.3 is 10.1 Å².